The van der Waals surface area contributed by atoms with Gasteiger partial charge < -0.3 is 11.1 Å². The lowest BCUT2D eigenvalue weighted by molar-refractivity contribution is -0.126. The van der Waals surface area contributed by atoms with E-state index in [-0.39, 0.29) is 5.91 Å². The Morgan fingerprint density at radius 3 is 2.62 bits per heavy atom. The Balaban J connectivity index is 3.87. The lowest BCUT2D eigenvalue weighted by atomic mass is 10.1. The van der Waals surface area contributed by atoms with E-state index in [1.165, 1.54) is 6.92 Å². The van der Waals surface area contributed by atoms with Crippen LogP contribution in [-0.4, -0.2) is 17.9 Å². The average molecular weight is 184 g/mol. The van der Waals surface area contributed by atoms with Crippen LogP contribution in [0.25, 0.3) is 0 Å². The fourth-order valence-electron chi connectivity index (χ4n) is 0.997. The Morgan fingerprint density at radius 2 is 2.23 bits per heavy atom. The number of amides is 2. The molecule has 0 unspecified atom stereocenters. The van der Waals surface area contributed by atoms with Gasteiger partial charge in [-0.1, -0.05) is 6.08 Å². The molecule has 13 heavy (non-hydrogen) atoms. The van der Waals surface area contributed by atoms with Crippen molar-refractivity contribution in [3.8, 4) is 0 Å². The molecular weight excluding hydrogens is 168 g/mol. The van der Waals surface area contributed by atoms with E-state index in [4.69, 9.17) is 5.73 Å². The van der Waals surface area contributed by atoms with Gasteiger partial charge in [0.1, 0.15) is 6.04 Å². The second-order valence-electron chi connectivity index (χ2n) is 2.88. The summed E-state index contributed by atoms with van der Waals surface area (Å²) in [7, 11) is 0. The molecular formula is C9H16N2O2. The lowest BCUT2D eigenvalue weighted by Crippen LogP contribution is -2.43. The fourth-order valence-corrected chi connectivity index (χ4v) is 0.997. The minimum atomic E-state index is -0.544. The van der Waals surface area contributed by atoms with Crippen LogP contribution in [0.3, 0.4) is 0 Å². The van der Waals surface area contributed by atoms with Crippen molar-refractivity contribution < 1.29 is 9.59 Å². The number of allylic oxidation sites excluding steroid dienone is 1. The van der Waals surface area contributed by atoms with Crippen LogP contribution in [0.1, 0.15) is 26.2 Å². The molecule has 2 amide bonds. The van der Waals surface area contributed by atoms with Crippen LogP contribution >= 0.6 is 0 Å². The van der Waals surface area contributed by atoms with Gasteiger partial charge >= 0.3 is 0 Å². The summed E-state index contributed by atoms with van der Waals surface area (Å²) in [6, 6.07) is -0.544. The molecule has 0 spiro atoms. The van der Waals surface area contributed by atoms with E-state index in [9.17, 15) is 9.59 Å². The highest BCUT2D eigenvalue weighted by molar-refractivity contribution is 5.85. The predicted octanol–water partition coefficient (Wildman–Crippen LogP) is 0.333. The molecule has 0 saturated carbocycles. The van der Waals surface area contributed by atoms with Crippen LogP contribution in [0.2, 0.25) is 0 Å². The second-order valence-corrected chi connectivity index (χ2v) is 2.88. The summed E-state index contributed by atoms with van der Waals surface area (Å²) in [5.41, 5.74) is 5.09. The Labute approximate surface area is 78.2 Å². The number of nitrogens with two attached hydrogens (primary N) is 1. The summed E-state index contributed by atoms with van der Waals surface area (Å²) >= 11 is 0. The third-order valence-corrected chi connectivity index (χ3v) is 1.62. The van der Waals surface area contributed by atoms with Crippen LogP contribution in [0, 0.1) is 0 Å². The minimum absolute atomic E-state index is 0.234. The minimum Gasteiger partial charge on any atom is -0.368 e. The summed E-state index contributed by atoms with van der Waals surface area (Å²) < 4.78 is 0. The molecule has 0 aromatic heterocycles. The van der Waals surface area contributed by atoms with E-state index in [1.807, 2.05) is 0 Å². The molecule has 0 rings (SSSR count). The zero-order valence-electron chi connectivity index (χ0n) is 7.88. The fraction of sp³-hybridized carbons (Fsp3) is 0.556. The molecule has 0 saturated heterocycles. The van der Waals surface area contributed by atoms with E-state index < -0.39 is 11.9 Å². The summed E-state index contributed by atoms with van der Waals surface area (Å²) in [4.78, 5) is 21.5. The normalized spacial score (nSPS) is 11.8. The number of hydrogen-bond acceptors (Lipinski definition) is 2. The number of carbonyl (C=O) groups is 2. The zero-order chi connectivity index (χ0) is 10.3. The Hall–Kier alpha value is -1.32. The molecule has 0 aliphatic heterocycles. The summed E-state index contributed by atoms with van der Waals surface area (Å²) in [6.45, 7) is 4.92. The van der Waals surface area contributed by atoms with Crippen molar-refractivity contribution in [2.75, 3.05) is 0 Å². The van der Waals surface area contributed by atoms with Crippen LogP contribution in [-0.2, 0) is 9.59 Å². The molecule has 4 nitrogen and oxygen atoms in total. The molecule has 0 aromatic carbocycles. The van der Waals surface area contributed by atoms with E-state index >= 15 is 0 Å². The van der Waals surface area contributed by atoms with Gasteiger partial charge in [0.2, 0.25) is 11.8 Å². The first-order valence-electron chi connectivity index (χ1n) is 4.25. The molecule has 3 N–H and O–H groups in total. The SMILES string of the molecule is C=CCCC[C@@H](NC(C)=O)C(N)=O. The first-order valence-corrected chi connectivity index (χ1v) is 4.25. The Kier molecular flexibility index (Phi) is 5.59. The lowest BCUT2D eigenvalue weighted by Gasteiger charge is -2.12. The summed E-state index contributed by atoms with van der Waals surface area (Å²) in [5, 5.41) is 2.49. The van der Waals surface area contributed by atoms with Gasteiger partial charge in [-0.25, -0.2) is 0 Å². The zero-order valence-corrected chi connectivity index (χ0v) is 7.88. The molecule has 0 aliphatic rings. The van der Waals surface area contributed by atoms with Crippen LogP contribution in [0.5, 0.6) is 0 Å². The van der Waals surface area contributed by atoms with Crippen molar-refractivity contribution in [2.45, 2.75) is 32.2 Å². The number of primary amides is 1. The maximum absolute atomic E-state index is 10.8. The Morgan fingerprint density at radius 1 is 1.62 bits per heavy atom. The van der Waals surface area contributed by atoms with Gasteiger partial charge in [0, 0.05) is 6.92 Å². The van der Waals surface area contributed by atoms with E-state index in [0.29, 0.717) is 6.42 Å². The van der Waals surface area contributed by atoms with E-state index in [1.54, 1.807) is 6.08 Å². The first kappa shape index (κ1) is 11.7. The number of rotatable bonds is 6. The van der Waals surface area contributed by atoms with Crippen molar-refractivity contribution in [3.63, 3.8) is 0 Å². The number of unbranched alkanes of at least 4 members (excludes halogenated alkanes) is 1. The highest BCUT2D eigenvalue weighted by atomic mass is 16.2. The third kappa shape index (κ3) is 5.90. The standard InChI is InChI=1S/C9H16N2O2/c1-3-4-5-6-8(9(10)13)11-7(2)12/h3,8H,1,4-6H2,2H3,(H2,10,13)(H,11,12)/t8-/m1/s1. The number of hydrogen-bond donors (Lipinski definition) is 2. The molecule has 0 heterocycles. The molecule has 0 bridgehead atoms. The number of nitrogens with one attached hydrogen (secondary N) is 1. The second kappa shape index (κ2) is 6.22. The van der Waals surface area contributed by atoms with Crippen LogP contribution < -0.4 is 11.1 Å². The maximum Gasteiger partial charge on any atom is 0.239 e. The molecule has 0 aromatic rings. The Bertz CT molecular complexity index is 202. The average Bonchev–Trinajstić information content (AvgIpc) is 2.02. The predicted molar refractivity (Wildman–Crippen MR) is 50.8 cm³/mol. The van der Waals surface area contributed by atoms with Gasteiger partial charge in [0.15, 0.2) is 0 Å². The van der Waals surface area contributed by atoms with Gasteiger partial charge in [-0.2, -0.15) is 0 Å². The molecule has 4 heteroatoms. The van der Waals surface area contributed by atoms with Gasteiger partial charge in [-0.05, 0) is 19.3 Å². The van der Waals surface area contributed by atoms with Crippen LogP contribution in [0.4, 0.5) is 0 Å². The number of carbonyl (C=O) groups excluding carboxylic acids is 2. The summed E-state index contributed by atoms with van der Waals surface area (Å²) in [5.74, 6) is -0.721. The largest absolute Gasteiger partial charge is 0.368 e. The van der Waals surface area contributed by atoms with Crippen molar-refractivity contribution in [2.24, 2.45) is 5.73 Å². The topological polar surface area (TPSA) is 72.2 Å². The van der Waals surface area contributed by atoms with Crippen molar-refractivity contribution in [3.05, 3.63) is 12.7 Å². The monoisotopic (exact) mass is 184 g/mol. The molecule has 0 radical (unpaired) electrons. The maximum atomic E-state index is 10.8. The van der Waals surface area contributed by atoms with Gasteiger partial charge in [-0.3, -0.25) is 9.59 Å². The molecule has 1 atom stereocenters. The molecule has 0 fully saturated rings. The van der Waals surface area contributed by atoms with Gasteiger partial charge in [0.25, 0.3) is 0 Å². The summed E-state index contributed by atoms with van der Waals surface area (Å²) in [6.07, 6.45) is 3.97. The van der Waals surface area contributed by atoms with Crippen molar-refractivity contribution >= 4 is 11.8 Å². The van der Waals surface area contributed by atoms with Crippen molar-refractivity contribution in [1.82, 2.24) is 5.32 Å². The van der Waals surface area contributed by atoms with E-state index in [2.05, 4.69) is 11.9 Å². The van der Waals surface area contributed by atoms with Gasteiger partial charge in [0.05, 0.1) is 0 Å². The first-order chi connectivity index (χ1) is 6.07. The third-order valence-electron chi connectivity index (χ3n) is 1.62. The van der Waals surface area contributed by atoms with E-state index in [0.717, 1.165) is 12.8 Å². The van der Waals surface area contributed by atoms with Crippen molar-refractivity contribution in [1.29, 1.82) is 0 Å². The molecule has 0 aliphatic carbocycles. The smallest absolute Gasteiger partial charge is 0.239 e. The quantitative estimate of drug-likeness (QED) is 0.461. The highest BCUT2D eigenvalue weighted by Crippen LogP contribution is 2.00. The van der Waals surface area contributed by atoms with Crippen LogP contribution in [0.15, 0.2) is 12.7 Å². The highest BCUT2D eigenvalue weighted by Gasteiger charge is 2.14. The van der Waals surface area contributed by atoms with Gasteiger partial charge in [-0.15, -0.1) is 6.58 Å². The molecule has 74 valence electrons.